The number of rotatable bonds is 9. The standard InChI is InChI=1S/C12H18O5S4/c1-3-14-10(18)7-11(19)17-6-5-16-9(13)8-21-12(20)15-4-2/h3-8H2,1-2H3. The van der Waals surface area contributed by atoms with Crippen LogP contribution in [0.5, 0.6) is 0 Å². The summed E-state index contributed by atoms with van der Waals surface area (Å²) in [4.78, 5) is 11.4. The minimum atomic E-state index is -0.388. The lowest BCUT2D eigenvalue weighted by atomic mass is 10.5. The minimum absolute atomic E-state index is 0.109. The normalized spacial score (nSPS) is 9.62. The molecule has 0 aliphatic rings. The first-order valence-electron chi connectivity index (χ1n) is 6.26. The lowest BCUT2D eigenvalue weighted by Gasteiger charge is -2.09. The van der Waals surface area contributed by atoms with Gasteiger partial charge >= 0.3 is 5.97 Å². The summed E-state index contributed by atoms with van der Waals surface area (Å²) in [6, 6.07) is 0. The lowest BCUT2D eigenvalue weighted by molar-refractivity contribution is -0.141. The van der Waals surface area contributed by atoms with E-state index in [1.54, 1.807) is 0 Å². The van der Waals surface area contributed by atoms with Gasteiger partial charge in [-0.3, -0.25) is 4.79 Å². The SMILES string of the molecule is CCOC(=S)CC(=S)OCCOC(=O)CSC(=S)OCC. The average Bonchev–Trinajstić information content (AvgIpc) is 2.42. The molecule has 0 aliphatic carbocycles. The second-order valence-corrected chi connectivity index (χ2v) is 5.88. The van der Waals surface area contributed by atoms with E-state index in [0.29, 0.717) is 27.7 Å². The molecule has 21 heavy (non-hydrogen) atoms. The Morgan fingerprint density at radius 1 is 0.905 bits per heavy atom. The number of esters is 1. The number of thioether (sulfide) groups is 1. The molecule has 120 valence electrons. The zero-order chi connectivity index (χ0) is 16.1. The van der Waals surface area contributed by atoms with E-state index in [-0.39, 0.29) is 31.4 Å². The summed E-state index contributed by atoms with van der Waals surface area (Å²) in [6.07, 6.45) is 0.283. The molecule has 0 aliphatic heterocycles. The molecule has 0 aromatic carbocycles. The second kappa shape index (κ2) is 13.2. The molecule has 0 aromatic heterocycles. The van der Waals surface area contributed by atoms with Crippen LogP contribution in [0.4, 0.5) is 0 Å². The summed E-state index contributed by atoms with van der Waals surface area (Å²) in [7, 11) is 0. The van der Waals surface area contributed by atoms with Gasteiger partial charge in [-0.2, -0.15) is 0 Å². The monoisotopic (exact) mass is 370 g/mol. The van der Waals surface area contributed by atoms with Gasteiger partial charge in [-0.15, -0.1) is 0 Å². The molecule has 0 fully saturated rings. The van der Waals surface area contributed by atoms with Crippen molar-refractivity contribution in [1.29, 1.82) is 0 Å². The number of hydrogen-bond donors (Lipinski definition) is 0. The minimum Gasteiger partial charge on any atom is -0.487 e. The Bertz CT molecular complexity index is 373. The van der Waals surface area contributed by atoms with Crippen molar-refractivity contribution in [1.82, 2.24) is 0 Å². The Morgan fingerprint density at radius 3 is 2.10 bits per heavy atom. The van der Waals surface area contributed by atoms with Crippen molar-refractivity contribution in [2.75, 3.05) is 32.2 Å². The van der Waals surface area contributed by atoms with E-state index in [9.17, 15) is 4.79 Å². The van der Waals surface area contributed by atoms with Crippen LogP contribution in [0.2, 0.25) is 0 Å². The predicted octanol–water partition coefficient (Wildman–Crippen LogP) is 2.68. The van der Waals surface area contributed by atoms with Crippen LogP contribution in [-0.2, 0) is 23.7 Å². The van der Waals surface area contributed by atoms with Crippen molar-refractivity contribution < 1.29 is 23.7 Å². The highest BCUT2D eigenvalue weighted by Crippen LogP contribution is 2.06. The fraction of sp³-hybridized carbons (Fsp3) is 0.667. The van der Waals surface area contributed by atoms with Crippen molar-refractivity contribution in [3.63, 3.8) is 0 Å². The number of thiocarbonyl (C=S) groups is 3. The number of carbonyl (C=O) groups excluding carboxylic acids is 1. The molecule has 0 atom stereocenters. The summed E-state index contributed by atoms with van der Waals surface area (Å²) >= 11 is 15.9. The number of hydrogen-bond acceptors (Lipinski definition) is 9. The summed E-state index contributed by atoms with van der Waals surface area (Å²) in [5.41, 5.74) is 0. The molecule has 9 heteroatoms. The lowest BCUT2D eigenvalue weighted by Crippen LogP contribution is -2.16. The zero-order valence-corrected chi connectivity index (χ0v) is 15.2. The predicted molar refractivity (Wildman–Crippen MR) is 95.0 cm³/mol. The quantitative estimate of drug-likeness (QED) is 0.346. The number of ether oxygens (including phenoxy) is 4. The largest absolute Gasteiger partial charge is 0.487 e. The third-order valence-electron chi connectivity index (χ3n) is 1.77. The smallest absolute Gasteiger partial charge is 0.316 e. The average molecular weight is 371 g/mol. The molecule has 0 amide bonds. The molecule has 0 heterocycles. The molecule has 0 radical (unpaired) electrons. The molecule has 0 unspecified atom stereocenters. The van der Waals surface area contributed by atoms with Crippen molar-refractivity contribution in [2.45, 2.75) is 20.3 Å². The highest BCUT2D eigenvalue weighted by Gasteiger charge is 2.08. The fourth-order valence-electron chi connectivity index (χ4n) is 1.01. The summed E-state index contributed by atoms with van der Waals surface area (Å²) < 4.78 is 20.6. The molecule has 0 saturated heterocycles. The highest BCUT2D eigenvalue weighted by molar-refractivity contribution is 8.23. The molecule has 0 aromatic rings. The van der Waals surface area contributed by atoms with Gasteiger partial charge in [0.2, 0.25) is 4.38 Å². The Morgan fingerprint density at radius 2 is 1.48 bits per heavy atom. The number of carbonyl (C=O) groups is 1. The molecule has 5 nitrogen and oxygen atoms in total. The van der Waals surface area contributed by atoms with Crippen LogP contribution in [0.1, 0.15) is 20.3 Å². The van der Waals surface area contributed by atoms with Crippen molar-refractivity contribution >= 4 is 68.9 Å². The molecule has 0 rings (SSSR count). The van der Waals surface area contributed by atoms with Crippen LogP contribution in [0.3, 0.4) is 0 Å². The first-order chi connectivity index (χ1) is 9.99. The van der Waals surface area contributed by atoms with Crippen LogP contribution in [0.25, 0.3) is 0 Å². The van der Waals surface area contributed by atoms with Gasteiger partial charge in [-0.1, -0.05) is 11.8 Å². The molecular weight excluding hydrogens is 352 g/mol. The molecule has 0 spiro atoms. The van der Waals surface area contributed by atoms with Crippen LogP contribution in [0.15, 0.2) is 0 Å². The molecular formula is C12H18O5S4. The van der Waals surface area contributed by atoms with E-state index < -0.39 is 0 Å². The van der Waals surface area contributed by atoms with E-state index in [2.05, 4.69) is 0 Å². The van der Waals surface area contributed by atoms with E-state index >= 15 is 0 Å². The topological polar surface area (TPSA) is 54.0 Å². The third kappa shape index (κ3) is 12.9. The summed E-state index contributed by atoms with van der Waals surface area (Å²) in [5, 5.41) is 0.705. The third-order valence-corrected chi connectivity index (χ3v) is 3.50. The summed E-state index contributed by atoms with van der Waals surface area (Å²) in [6.45, 7) is 4.94. The van der Waals surface area contributed by atoms with E-state index in [4.69, 9.17) is 55.6 Å². The van der Waals surface area contributed by atoms with Gasteiger partial charge in [0.05, 0.1) is 25.4 Å². The first kappa shape index (κ1) is 20.5. The van der Waals surface area contributed by atoms with Crippen LogP contribution >= 0.6 is 48.4 Å². The van der Waals surface area contributed by atoms with Crippen molar-refractivity contribution in [3.05, 3.63) is 0 Å². The van der Waals surface area contributed by atoms with Gasteiger partial charge in [0.25, 0.3) is 0 Å². The van der Waals surface area contributed by atoms with Gasteiger partial charge in [0.1, 0.15) is 13.2 Å². The van der Waals surface area contributed by atoms with Crippen molar-refractivity contribution in [2.24, 2.45) is 0 Å². The van der Waals surface area contributed by atoms with Crippen LogP contribution in [0, 0.1) is 0 Å². The van der Waals surface area contributed by atoms with Gasteiger partial charge in [0, 0.05) is 0 Å². The Labute approximate surface area is 145 Å². The van der Waals surface area contributed by atoms with Crippen LogP contribution < -0.4 is 0 Å². The molecule has 0 saturated carbocycles. The Balaban J connectivity index is 3.61. The maximum atomic E-state index is 11.4. The Hall–Kier alpha value is -0.510. The van der Waals surface area contributed by atoms with Gasteiger partial charge < -0.3 is 18.9 Å². The van der Waals surface area contributed by atoms with Gasteiger partial charge in [-0.05, 0) is 50.5 Å². The van der Waals surface area contributed by atoms with E-state index in [1.165, 1.54) is 0 Å². The van der Waals surface area contributed by atoms with Gasteiger partial charge in [0.15, 0.2) is 10.1 Å². The second-order valence-electron chi connectivity index (χ2n) is 3.39. The first-order valence-corrected chi connectivity index (χ1v) is 8.47. The zero-order valence-electron chi connectivity index (χ0n) is 11.9. The summed E-state index contributed by atoms with van der Waals surface area (Å²) in [5.74, 6) is -0.279. The molecule has 0 bridgehead atoms. The van der Waals surface area contributed by atoms with Crippen LogP contribution in [-0.4, -0.2) is 52.6 Å². The fourth-order valence-corrected chi connectivity index (χ4v) is 2.38. The van der Waals surface area contributed by atoms with E-state index in [1.807, 2.05) is 13.8 Å². The molecule has 0 N–H and O–H groups in total. The highest BCUT2D eigenvalue weighted by atomic mass is 32.2. The maximum absolute atomic E-state index is 11.4. The van der Waals surface area contributed by atoms with Gasteiger partial charge in [-0.25, -0.2) is 0 Å². The van der Waals surface area contributed by atoms with E-state index in [0.717, 1.165) is 11.8 Å². The Kier molecular flexibility index (Phi) is 12.9. The van der Waals surface area contributed by atoms with Crippen molar-refractivity contribution in [3.8, 4) is 0 Å². The maximum Gasteiger partial charge on any atom is 0.316 e.